The van der Waals surface area contributed by atoms with Crippen molar-refractivity contribution in [1.82, 2.24) is 9.73 Å². The second kappa shape index (κ2) is 7.58. The largest absolute Gasteiger partial charge is 0.426 e. The molecule has 14 heteroatoms. The second-order valence-corrected chi connectivity index (χ2v) is 7.97. The van der Waals surface area contributed by atoms with Crippen LogP contribution in [0.5, 0.6) is 0 Å². The number of amides is 2. The van der Waals surface area contributed by atoms with Crippen LogP contribution in [0, 0.1) is 0 Å². The lowest BCUT2D eigenvalue weighted by molar-refractivity contribution is -0.219. The summed E-state index contributed by atoms with van der Waals surface area (Å²) < 4.78 is 103. The van der Waals surface area contributed by atoms with Gasteiger partial charge in [-0.2, -0.15) is 27.1 Å². The van der Waals surface area contributed by atoms with Crippen LogP contribution in [0.15, 0.2) is 39.2 Å². The number of halogens is 6. The van der Waals surface area contributed by atoms with Crippen LogP contribution in [-0.4, -0.2) is 49.8 Å². The van der Waals surface area contributed by atoms with Crippen molar-refractivity contribution < 1.29 is 39.6 Å². The maximum absolute atomic E-state index is 13.6. The van der Waals surface area contributed by atoms with E-state index in [9.17, 15) is 39.6 Å². The van der Waals surface area contributed by atoms with Gasteiger partial charge in [0.05, 0.1) is 6.54 Å². The molecule has 0 bridgehead atoms. The number of alkyl halides is 6. The Hall–Kier alpha value is -1.96. The number of hydrazone groups is 1. The zero-order chi connectivity index (χ0) is 20.5. The van der Waals surface area contributed by atoms with Crippen LogP contribution in [0.1, 0.15) is 6.42 Å². The van der Waals surface area contributed by atoms with Gasteiger partial charge in [-0.15, -0.1) is 0 Å². The number of hydrogen-bond acceptors (Lipinski definition) is 5. The van der Waals surface area contributed by atoms with Gasteiger partial charge in [-0.3, -0.25) is 0 Å². The van der Waals surface area contributed by atoms with Crippen molar-refractivity contribution in [2.24, 2.45) is 5.10 Å². The average molecular weight is 435 g/mol. The standard InChI is InChI=1S/C13H11F6N3O3S2/c14-10(12(15,16)17)13(18,19)26-8-4-1-2-5-9(8)27(24,25)21-11(23)22-7-3-6-20-22/h1-2,4-6,10H,3,7H2,(H,21,23). The van der Waals surface area contributed by atoms with Gasteiger partial charge in [-0.05, 0) is 23.9 Å². The van der Waals surface area contributed by atoms with E-state index in [1.807, 2.05) is 0 Å². The smallest absolute Gasteiger partial charge is 0.246 e. The number of benzene rings is 1. The van der Waals surface area contributed by atoms with E-state index in [0.29, 0.717) is 6.42 Å². The Balaban J connectivity index is 2.29. The van der Waals surface area contributed by atoms with E-state index in [4.69, 9.17) is 0 Å². The number of thioether (sulfide) groups is 1. The maximum Gasteiger partial charge on any atom is 0.426 e. The van der Waals surface area contributed by atoms with Crippen LogP contribution in [0.3, 0.4) is 0 Å². The predicted molar refractivity (Wildman–Crippen MR) is 83.7 cm³/mol. The van der Waals surface area contributed by atoms with Crippen molar-refractivity contribution in [1.29, 1.82) is 0 Å². The molecule has 0 saturated heterocycles. The van der Waals surface area contributed by atoms with Crippen molar-refractivity contribution in [3.63, 3.8) is 0 Å². The maximum atomic E-state index is 13.6. The molecule has 6 nitrogen and oxygen atoms in total. The van der Waals surface area contributed by atoms with Crippen molar-refractivity contribution in [3.8, 4) is 0 Å². The summed E-state index contributed by atoms with van der Waals surface area (Å²) in [6, 6.07) is 2.57. The molecule has 1 heterocycles. The van der Waals surface area contributed by atoms with Gasteiger partial charge in [0.15, 0.2) is 0 Å². The van der Waals surface area contributed by atoms with E-state index in [-0.39, 0.29) is 6.54 Å². The molecule has 0 fully saturated rings. The van der Waals surface area contributed by atoms with Crippen LogP contribution in [0.4, 0.5) is 31.1 Å². The summed E-state index contributed by atoms with van der Waals surface area (Å²) in [6.07, 6.45) is -8.64. The molecule has 150 valence electrons. The zero-order valence-corrected chi connectivity index (χ0v) is 14.7. The van der Waals surface area contributed by atoms with E-state index < -0.39 is 55.2 Å². The van der Waals surface area contributed by atoms with Crippen LogP contribution >= 0.6 is 11.8 Å². The monoisotopic (exact) mass is 435 g/mol. The highest BCUT2D eigenvalue weighted by Crippen LogP contribution is 2.46. The Morgan fingerprint density at radius 2 is 1.85 bits per heavy atom. The third kappa shape index (κ3) is 5.06. The second-order valence-electron chi connectivity index (χ2n) is 5.14. The van der Waals surface area contributed by atoms with Gasteiger partial charge in [0.2, 0.25) is 0 Å². The van der Waals surface area contributed by atoms with E-state index in [2.05, 4.69) is 5.10 Å². The fourth-order valence-corrected chi connectivity index (χ4v) is 4.25. The Morgan fingerprint density at radius 3 is 2.41 bits per heavy atom. The topological polar surface area (TPSA) is 78.8 Å². The van der Waals surface area contributed by atoms with Gasteiger partial charge in [-0.1, -0.05) is 12.1 Å². The SMILES string of the molecule is O=C(NS(=O)(=O)c1ccccc1SC(F)(F)C(F)C(F)(F)F)N1CCC=N1. The van der Waals surface area contributed by atoms with Gasteiger partial charge in [0.25, 0.3) is 16.2 Å². The minimum absolute atomic E-state index is 0.0882. The highest BCUT2D eigenvalue weighted by Gasteiger charge is 2.57. The quantitative estimate of drug-likeness (QED) is 0.568. The first-order chi connectivity index (χ1) is 12.3. The van der Waals surface area contributed by atoms with Gasteiger partial charge in [-0.25, -0.2) is 27.3 Å². The summed E-state index contributed by atoms with van der Waals surface area (Å²) in [5.74, 6) is 0. The molecule has 0 spiro atoms. The fourth-order valence-electron chi connectivity index (χ4n) is 1.92. The molecule has 1 aromatic rings. The number of nitrogens with one attached hydrogen (secondary N) is 1. The molecule has 27 heavy (non-hydrogen) atoms. The number of nitrogens with zero attached hydrogens (tertiary/aromatic N) is 2. The van der Waals surface area contributed by atoms with Crippen LogP contribution in [0.25, 0.3) is 0 Å². The van der Waals surface area contributed by atoms with Crippen LogP contribution in [-0.2, 0) is 10.0 Å². The first kappa shape index (κ1) is 21.3. The predicted octanol–water partition coefficient (Wildman–Crippen LogP) is 3.36. The third-order valence-electron chi connectivity index (χ3n) is 3.11. The van der Waals surface area contributed by atoms with E-state index in [0.717, 1.165) is 29.3 Å². The zero-order valence-electron chi connectivity index (χ0n) is 13.1. The molecule has 1 N–H and O–H groups in total. The lowest BCUT2D eigenvalue weighted by Crippen LogP contribution is -2.40. The normalized spacial score (nSPS) is 16.4. The Labute approximate surface area is 153 Å². The lowest BCUT2D eigenvalue weighted by atomic mass is 10.4. The molecule has 0 aliphatic carbocycles. The molecule has 1 aliphatic heterocycles. The summed E-state index contributed by atoms with van der Waals surface area (Å²) in [4.78, 5) is 10.1. The minimum Gasteiger partial charge on any atom is -0.246 e. The highest BCUT2D eigenvalue weighted by molar-refractivity contribution is 8.01. The van der Waals surface area contributed by atoms with Gasteiger partial charge >= 0.3 is 17.5 Å². The number of sulfonamides is 1. The summed E-state index contributed by atoms with van der Waals surface area (Å²) in [5.41, 5.74) is 0. The molecule has 1 aliphatic rings. The first-order valence-corrected chi connectivity index (χ1v) is 9.38. The molecule has 0 radical (unpaired) electrons. The number of hydrogen-bond donors (Lipinski definition) is 1. The molecule has 0 aromatic heterocycles. The molecule has 0 saturated carbocycles. The van der Waals surface area contributed by atoms with Crippen LogP contribution < -0.4 is 4.72 Å². The summed E-state index contributed by atoms with van der Waals surface area (Å²) >= 11 is -0.908. The summed E-state index contributed by atoms with van der Waals surface area (Å²) in [7, 11) is -4.73. The number of carbonyl (C=O) groups excluding carboxylic acids is 1. The van der Waals surface area contributed by atoms with Crippen LogP contribution in [0.2, 0.25) is 0 Å². The van der Waals surface area contributed by atoms with Crippen molar-refractivity contribution >= 4 is 34.0 Å². The van der Waals surface area contributed by atoms with E-state index in [1.54, 1.807) is 4.72 Å². The summed E-state index contributed by atoms with van der Waals surface area (Å²) in [6.45, 7) is 0.0882. The first-order valence-electron chi connectivity index (χ1n) is 7.08. The van der Waals surface area contributed by atoms with Crippen molar-refractivity contribution in [2.75, 3.05) is 6.54 Å². The highest BCUT2D eigenvalue weighted by atomic mass is 32.2. The Bertz CT molecular complexity index is 844. The van der Waals surface area contributed by atoms with E-state index in [1.165, 1.54) is 6.21 Å². The summed E-state index contributed by atoms with van der Waals surface area (Å²) in [5, 5.41) is -0.648. The van der Waals surface area contributed by atoms with Crippen molar-refractivity contribution in [2.45, 2.75) is 33.8 Å². The minimum atomic E-state index is -5.84. The number of urea groups is 1. The molecular weight excluding hydrogens is 424 g/mol. The van der Waals surface area contributed by atoms with Gasteiger partial charge in [0, 0.05) is 17.5 Å². The fraction of sp³-hybridized carbons (Fsp3) is 0.385. The molecular formula is C13H11F6N3O3S2. The number of rotatable bonds is 5. The van der Waals surface area contributed by atoms with E-state index >= 15 is 0 Å². The van der Waals surface area contributed by atoms with Crippen molar-refractivity contribution in [3.05, 3.63) is 24.3 Å². The Morgan fingerprint density at radius 1 is 1.22 bits per heavy atom. The molecule has 1 aromatic carbocycles. The molecule has 1 atom stereocenters. The average Bonchev–Trinajstić information content (AvgIpc) is 3.07. The number of carbonyl (C=O) groups is 1. The molecule has 1 unspecified atom stereocenters. The lowest BCUT2D eigenvalue weighted by Gasteiger charge is -2.23. The van der Waals surface area contributed by atoms with Gasteiger partial charge in [0.1, 0.15) is 4.90 Å². The molecule has 2 amide bonds. The van der Waals surface area contributed by atoms with Gasteiger partial charge < -0.3 is 0 Å². The Kier molecular flexibility index (Phi) is 5.99. The third-order valence-corrected chi connectivity index (χ3v) is 5.68. The molecule has 2 rings (SSSR count).